The van der Waals surface area contributed by atoms with Gasteiger partial charge in [-0.05, 0) is 121 Å². The molecule has 10 rings (SSSR count). The zero-order valence-corrected chi connectivity index (χ0v) is 32.8. The maximum absolute atomic E-state index is 6.20. The highest BCUT2D eigenvalue weighted by molar-refractivity contribution is 6.04. The molecule has 282 valence electrons. The fourth-order valence-electron chi connectivity index (χ4n) is 10.1. The summed E-state index contributed by atoms with van der Waals surface area (Å²) in [7, 11) is 10.4. The van der Waals surface area contributed by atoms with Gasteiger partial charge >= 0.3 is 0 Å². The first-order valence-corrected chi connectivity index (χ1v) is 19.2. The molecule has 6 heteroatoms. The van der Waals surface area contributed by atoms with Gasteiger partial charge in [-0.15, -0.1) is 0 Å². The SMILES string of the molecule is COc1ccc(OC)c([C@@H]2c3ccccc3-c3c2c2c(c4c3[C@H](c3cc(OC)ccc3OC)c3ccccc3-4)[C@H](c3cc(OC)ccc3OC)c3ccccc3-2)c1. The summed E-state index contributed by atoms with van der Waals surface area (Å²) in [6.07, 6.45) is 0. The lowest BCUT2D eigenvalue weighted by molar-refractivity contribution is 0.398. The summed E-state index contributed by atoms with van der Waals surface area (Å²) >= 11 is 0. The van der Waals surface area contributed by atoms with Crippen LogP contribution in [0.15, 0.2) is 127 Å². The number of hydrogen-bond donors (Lipinski definition) is 0. The van der Waals surface area contributed by atoms with Crippen molar-refractivity contribution < 1.29 is 28.4 Å². The predicted molar refractivity (Wildman–Crippen MR) is 224 cm³/mol. The molecular weight excluding hydrogens is 709 g/mol. The smallest absolute Gasteiger partial charge is 0.123 e. The van der Waals surface area contributed by atoms with E-state index in [4.69, 9.17) is 28.4 Å². The normalized spacial score (nSPS) is 16.4. The topological polar surface area (TPSA) is 55.4 Å². The predicted octanol–water partition coefficient (Wildman–Crippen LogP) is 11.2. The van der Waals surface area contributed by atoms with E-state index in [0.717, 1.165) is 51.2 Å². The van der Waals surface area contributed by atoms with Gasteiger partial charge in [0, 0.05) is 34.4 Å². The highest BCUT2D eigenvalue weighted by Gasteiger charge is 2.48. The minimum absolute atomic E-state index is 0.170. The average molecular weight is 751 g/mol. The maximum atomic E-state index is 6.20. The van der Waals surface area contributed by atoms with Crippen molar-refractivity contribution >= 4 is 0 Å². The quantitative estimate of drug-likeness (QED) is 0.146. The zero-order chi connectivity index (χ0) is 38.9. The van der Waals surface area contributed by atoms with Crippen molar-refractivity contribution in [1.29, 1.82) is 0 Å². The number of rotatable bonds is 9. The van der Waals surface area contributed by atoms with E-state index in [1.54, 1.807) is 42.7 Å². The van der Waals surface area contributed by atoms with Gasteiger partial charge < -0.3 is 28.4 Å². The Hall–Kier alpha value is -6.66. The molecule has 0 radical (unpaired) electrons. The van der Waals surface area contributed by atoms with Gasteiger partial charge in [0.05, 0.1) is 42.7 Å². The first-order chi connectivity index (χ1) is 28.0. The molecule has 0 saturated carbocycles. The lowest BCUT2D eigenvalue weighted by atomic mass is 9.77. The van der Waals surface area contributed by atoms with Crippen molar-refractivity contribution in [3.8, 4) is 67.9 Å². The summed E-state index contributed by atoms with van der Waals surface area (Å²) in [5.74, 6) is 4.25. The molecule has 0 spiro atoms. The van der Waals surface area contributed by atoms with Crippen molar-refractivity contribution in [3.05, 3.63) is 177 Å². The van der Waals surface area contributed by atoms with Crippen molar-refractivity contribution in [3.63, 3.8) is 0 Å². The van der Waals surface area contributed by atoms with Gasteiger partial charge in [0.25, 0.3) is 0 Å². The van der Waals surface area contributed by atoms with Crippen LogP contribution >= 0.6 is 0 Å². The Bertz CT molecular complexity index is 2430. The van der Waals surface area contributed by atoms with Crippen molar-refractivity contribution in [1.82, 2.24) is 0 Å². The number of ether oxygens (including phenoxy) is 6. The Balaban J connectivity index is 1.43. The van der Waals surface area contributed by atoms with Crippen LogP contribution in [-0.2, 0) is 0 Å². The molecule has 0 amide bonds. The highest BCUT2D eigenvalue weighted by Crippen LogP contribution is 2.68. The van der Waals surface area contributed by atoms with Gasteiger partial charge in [-0.1, -0.05) is 72.8 Å². The Kier molecular flexibility index (Phi) is 8.26. The first-order valence-electron chi connectivity index (χ1n) is 19.2. The second kappa shape index (κ2) is 13.5. The summed E-state index contributed by atoms with van der Waals surface area (Å²) in [5, 5.41) is 0. The van der Waals surface area contributed by atoms with Crippen LogP contribution in [0.3, 0.4) is 0 Å². The van der Waals surface area contributed by atoms with Gasteiger partial charge in [0.15, 0.2) is 0 Å². The first kappa shape index (κ1) is 34.8. The maximum Gasteiger partial charge on any atom is 0.123 e. The van der Waals surface area contributed by atoms with E-state index in [-0.39, 0.29) is 17.8 Å². The number of benzene rings is 7. The molecule has 0 fully saturated rings. The second-order valence-corrected chi connectivity index (χ2v) is 14.8. The van der Waals surface area contributed by atoms with E-state index < -0.39 is 0 Å². The molecule has 57 heavy (non-hydrogen) atoms. The average Bonchev–Trinajstić information content (AvgIpc) is 3.91. The standard InChI is InChI=1S/C51H42O6/c1-52-28-19-22-40(55-4)37(25-28)43-31-13-7-10-16-34(31)46-49(43)47-35-17-11-8-14-32(35)44(38-26-29(53-2)20-23-41(38)56-5)51(47)48-36-18-12-9-15-33(36)45(50(46)48)39-27-30(54-3)21-24-42(39)57-6/h7-27,43-45H,1-6H3/t43-,44-,45-/m0/s1. The molecule has 3 atom stereocenters. The van der Waals surface area contributed by atoms with E-state index >= 15 is 0 Å². The van der Waals surface area contributed by atoms with Crippen LogP contribution in [0.4, 0.5) is 0 Å². The third-order valence-electron chi connectivity index (χ3n) is 12.3. The third-order valence-corrected chi connectivity index (χ3v) is 12.3. The molecule has 6 nitrogen and oxygen atoms in total. The van der Waals surface area contributed by atoms with Gasteiger partial charge in [-0.3, -0.25) is 0 Å². The van der Waals surface area contributed by atoms with E-state index in [0.29, 0.717) is 0 Å². The van der Waals surface area contributed by atoms with E-state index in [1.165, 1.54) is 66.8 Å². The molecule has 3 aliphatic rings. The summed E-state index contributed by atoms with van der Waals surface area (Å²) < 4.78 is 36.3. The molecule has 3 aliphatic carbocycles. The second-order valence-electron chi connectivity index (χ2n) is 14.8. The monoisotopic (exact) mass is 750 g/mol. The summed E-state index contributed by atoms with van der Waals surface area (Å²) in [4.78, 5) is 0. The van der Waals surface area contributed by atoms with Gasteiger partial charge in [0.1, 0.15) is 34.5 Å². The molecule has 0 N–H and O–H groups in total. The number of methoxy groups -OCH3 is 6. The Morgan fingerprint density at radius 3 is 0.842 bits per heavy atom. The van der Waals surface area contributed by atoms with Gasteiger partial charge in [-0.25, -0.2) is 0 Å². The number of fused-ring (bicyclic) bond motifs is 12. The summed E-state index contributed by atoms with van der Waals surface area (Å²) in [6, 6.07) is 45.1. The molecule has 7 aromatic rings. The Morgan fingerprint density at radius 2 is 0.579 bits per heavy atom. The van der Waals surface area contributed by atoms with Crippen molar-refractivity contribution in [2.45, 2.75) is 17.8 Å². The lowest BCUT2D eigenvalue weighted by Gasteiger charge is -2.27. The summed E-state index contributed by atoms with van der Waals surface area (Å²) in [5.41, 5.74) is 18.0. The van der Waals surface area contributed by atoms with E-state index in [2.05, 4.69) is 91.0 Å². The van der Waals surface area contributed by atoms with Crippen LogP contribution in [0.2, 0.25) is 0 Å². The van der Waals surface area contributed by atoms with Crippen LogP contribution in [0.25, 0.3) is 33.4 Å². The summed E-state index contributed by atoms with van der Waals surface area (Å²) in [6.45, 7) is 0. The Labute approximate surface area is 333 Å². The van der Waals surface area contributed by atoms with Crippen LogP contribution in [0.1, 0.15) is 67.8 Å². The largest absolute Gasteiger partial charge is 0.497 e. The molecule has 0 bridgehead atoms. The molecule has 0 heterocycles. The minimum Gasteiger partial charge on any atom is -0.497 e. The molecule has 7 aromatic carbocycles. The highest BCUT2D eigenvalue weighted by atomic mass is 16.5. The van der Waals surface area contributed by atoms with Gasteiger partial charge in [0.2, 0.25) is 0 Å². The van der Waals surface area contributed by atoms with Crippen molar-refractivity contribution in [2.24, 2.45) is 0 Å². The van der Waals surface area contributed by atoms with E-state index in [9.17, 15) is 0 Å². The molecule has 0 unspecified atom stereocenters. The van der Waals surface area contributed by atoms with Crippen LogP contribution in [0.5, 0.6) is 34.5 Å². The third kappa shape index (κ3) is 4.96. The van der Waals surface area contributed by atoms with E-state index in [1.807, 2.05) is 36.4 Å². The Morgan fingerprint density at radius 1 is 0.298 bits per heavy atom. The van der Waals surface area contributed by atoms with Gasteiger partial charge in [-0.2, -0.15) is 0 Å². The fourth-order valence-corrected chi connectivity index (χ4v) is 10.1. The molecule has 0 aromatic heterocycles. The zero-order valence-electron chi connectivity index (χ0n) is 32.8. The van der Waals surface area contributed by atoms with Crippen LogP contribution in [0, 0.1) is 0 Å². The van der Waals surface area contributed by atoms with Crippen molar-refractivity contribution in [2.75, 3.05) is 42.7 Å². The molecule has 0 saturated heterocycles. The molecule has 0 aliphatic heterocycles. The number of hydrogen-bond acceptors (Lipinski definition) is 6. The fraction of sp³-hybridized carbons (Fsp3) is 0.176. The molecular formula is C51H42O6. The minimum atomic E-state index is -0.170. The van der Waals surface area contributed by atoms with Crippen LogP contribution in [-0.4, -0.2) is 42.7 Å². The van der Waals surface area contributed by atoms with Crippen LogP contribution < -0.4 is 28.4 Å². The lowest BCUT2D eigenvalue weighted by Crippen LogP contribution is -2.09.